The summed E-state index contributed by atoms with van der Waals surface area (Å²) in [5.41, 5.74) is 1.40. The number of morpholine rings is 1. The highest BCUT2D eigenvalue weighted by Gasteiger charge is 2.29. The van der Waals surface area contributed by atoms with Gasteiger partial charge in [-0.15, -0.1) is 0 Å². The van der Waals surface area contributed by atoms with Gasteiger partial charge in [0.15, 0.2) is 11.6 Å². The fourth-order valence-corrected chi connectivity index (χ4v) is 4.30. The van der Waals surface area contributed by atoms with E-state index >= 15 is 0 Å². The largest absolute Gasteiger partial charge is 0.379 e. The van der Waals surface area contributed by atoms with Gasteiger partial charge in [0.1, 0.15) is 5.82 Å². The third kappa shape index (κ3) is 6.13. The van der Waals surface area contributed by atoms with Crippen LogP contribution in [0.25, 0.3) is 11.0 Å². The Labute approximate surface area is 204 Å². The maximum Gasteiger partial charge on any atom is 0.257 e. The number of fused-ring (bicyclic) bond motifs is 1. The van der Waals surface area contributed by atoms with E-state index in [9.17, 15) is 13.6 Å². The van der Waals surface area contributed by atoms with Gasteiger partial charge in [-0.2, -0.15) is 0 Å². The molecule has 6 nitrogen and oxygen atoms in total. The average Bonchev–Trinajstić information content (AvgIpc) is 3.31. The quantitative estimate of drug-likeness (QED) is 0.408. The molecule has 1 amide bonds. The standard InChI is InChI=1S/C27H32F2N4O2/c1-2-3-15-33(27(34)20-9-8-10-21(28)25(20)29)24(13-6-7-14-32-16-18-35-19-17-32)26-30-22-11-4-5-12-23(22)31-26/h4-12,24H,2-3,13-19H2,1H3,(H,30,31). The van der Waals surface area contributed by atoms with Crippen LogP contribution in [0.2, 0.25) is 0 Å². The highest BCUT2D eigenvalue weighted by molar-refractivity contribution is 5.94. The van der Waals surface area contributed by atoms with Gasteiger partial charge in [-0.25, -0.2) is 13.8 Å². The van der Waals surface area contributed by atoms with E-state index in [0.29, 0.717) is 18.8 Å². The molecule has 1 aromatic heterocycles. The van der Waals surface area contributed by atoms with Crippen LogP contribution in [0, 0.1) is 11.6 Å². The van der Waals surface area contributed by atoms with Crippen molar-refractivity contribution in [3.8, 4) is 0 Å². The molecule has 8 heteroatoms. The second-order valence-electron chi connectivity index (χ2n) is 8.73. The Bertz CT molecular complexity index is 1120. The molecule has 35 heavy (non-hydrogen) atoms. The van der Waals surface area contributed by atoms with Crippen LogP contribution >= 0.6 is 0 Å². The number of amides is 1. The smallest absolute Gasteiger partial charge is 0.257 e. The monoisotopic (exact) mass is 482 g/mol. The zero-order valence-corrected chi connectivity index (χ0v) is 20.1. The van der Waals surface area contributed by atoms with Crippen LogP contribution in [0.3, 0.4) is 0 Å². The highest BCUT2D eigenvalue weighted by Crippen LogP contribution is 2.28. The summed E-state index contributed by atoms with van der Waals surface area (Å²) in [7, 11) is 0. The van der Waals surface area contributed by atoms with Crippen LogP contribution in [-0.2, 0) is 4.74 Å². The van der Waals surface area contributed by atoms with E-state index in [1.54, 1.807) is 4.90 Å². The summed E-state index contributed by atoms with van der Waals surface area (Å²) in [5, 5.41) is 0. The van der Waals surface area contributed by atoms with Crippen molar-refractivity contribution in [1.29, 1.82) is 0 Å². The molecular formula is C27H32F2N4O2. The number of H-pyrrole nitrogens is 1. The van der Waals surface area contributed by atoms with Crippen LogP contribution in [0.4, 0.5) is 8.78 Å². The molecule has 1 fully saturated rings. The van der Waals surface area contributed by atoms with Crippen molar-refractivity contribution in [3.05, 3.63) is 77.6 Å². The Hall–Kier alpha value is -3.10. The van der Waals surface area contributed by atoms with E-state index in [1.807, 2.05) is 37.3 Å². The van der Waals surface area contributed by atoms with Gasteiger partial charge in [0.05, 0.1) is 35.9 Å². The lowest BCUT2D eigenvalue weighted by Gasteiger charge is -2.30. The number of ether oxygens (including phenoxy) is 1. The summed E-state index contributed by atoms with van der Waals surface area (Å²) in [5.74, 6) is -2.06. The van der Waals surface area contributed by atoms with Crippen LogP contribution in [0.1, 0.15) is 48.4 Å². The number of hydrogen-bond donors (Lipinski definition) is 1. The first-order valence-corrected chi connectivity index (χ1v) is 12.2. The third-order valence-corrected chi connectivity index (χ3v) is 6.29. The van der Waals surface area contributed by atoms with E-state index in [2.05, 4.69) is 16.0 Å². The molecule has 0 saturated carbocycles. The number of unbranched alkanes of at least 4 members (excludes halogenated alkanes) is 1. The van der Waals surface area contributed by atoms with Crippen LogP contribution in [-0.4, -0.2) is 65.1 Å². The van der Waals surface area contributed by atoms with Gasteiger partial charge in [0, 0.05) is 26.2 Å². The van der Waals surface area contributed by atoms with Crippen molar-refractivity contribution in [1.82, 2.24) is 19.8 Å². The van der Waals surface area contributed by atoms with E-state index in [4.69, 9.17) is 9.72 Å². The number of nitrogens with one attached hydrogen (secondary N) is 1. The van der Waals surface area contributed by atoms with Gasteiger partial charge >= 0.3 is 0 Å². The Balaban J connectivity index is 1.64. The zero-order valence-electron chi connectivity index (χ0n) is 20.1. The molecule has 2 heterocycles. The van der Waals surface area contributed by atoms with Crippen molar-refractivity contribution < 1.29 is 18.3 Å². The Morgan fingerprint density at radius 1 is 1.17 bits per heavy atom. The fourth-order valence-electron chi connectivity index (χ4n) is 4.30. The number of benzene rings is 2. The molecule has 1 aliphatic rings. The zero-order chi connectivity index (χ0) is 24.6. The molecule has 4 rings (SSSR count). The van der Waals surface area contributed by atoms with Gasteiger partial charge in [-0.05, 0) is 37.1 Å². The van der Waals surface area contributed by atoms with E-state index in [-0.39, 0.29) is 5.56 Å². The van der Waals surface area contributed by atoms with Crippen LogP contribution in [0.15, 0.2) is 54.6 Å². The average molecular weight is 483 g/mol. The number of imidazole rings is 1. The van der Waals surface area contributed by atoms with Crippen molar-refractivity contribution in [2.45, 2.75) is 32.2 Å². The number of carbonyl (C=O) groups is 1. The molecule has 0 bridgehead atoms. The molecule has 1 saturated heterocycles. The van der Waals surface area contributed by atoms with Gasteiger partial charge in [0.25, 0.3) is 5.91 Å². The molecule has 2 aromatic carbocycles. The molecule has 1 atom stereocenters. The molecule has 1 aliphatic heterocycles. The Kier molecular flexibility index (Phi) is 8.60. The van der Waals surface area contributed by atoms with E-state index in [1.165, 1.54) is 12.1 Å². The predicted octanol–water partition coefficient (Wildman–Crippen LogP) is 5.10. The third-order valence-electron chi connectivity index (χ3n) is 6.29. The minimum absolute atomic E-state index is 0.264. The van der Waals surface area contributed by atoms with Crippen LogP contribution in [0.5, 0.6) is 0 Å². The summed E-state index contributed by atoms with van der Waals surface area (Å²) in [6.45, 7) is 6.46. The van der Waals surface area contributed by atoms with Gasteiger partial charge in [-0.1, -0.05) is 43.7 Å². The molecule has 186 valence electrons. The number of hydrogen-bond acceptors (Lipinski definition) is 4. The number of aromatic nitrogens is 2. The fraction of sp³-hybridized carbons (Fsp3) is 0.407. The molecule has 0 radical (unpaired) electrons. The topological polar surface area (TPSA) is 61.5 Å². The van der Waals surface area contributed by atoms with E-state index < -0.39 is 23.6 Å². The molecule has 0 aliphatic carbocycles. The van der Waals surface area contributed by atoms with Crippen LogP contribution < -0.4 is 0 Å². The second kappa shape index (κ2) is 12.0. The van der Waals surface area contributed by atoms with Gasteiger partial charge in [-0.3, -0.25) is 9.69 Å². The highest BCUT2D eigenvalue weighted by atomic mass is 19.2. The summed E-state index contributed by atoms with van der Waals surface area (Å²) < 4.78 is 34.0. The Morgan fingerprint density at radius 3 is 2.74 bits per heavy atom. The lowest BCUT2D eigenvalue weighted by molar-refractivity contribution is 0.0433. The first kappa shape index (κ1) is 25.0. The molecule has 0 spiro atoms. The van der Waals surface area contributed by atoms with Crippen molar-refractivity contribution in [2.75, 3.05) is 39.4 Å². The normalized spacial score (nSPS) is 15.6. The Morgan fingerprint density at radius 2 is 1.97 bits per heavy atom. The lowest BCUT2D eigenvalue weighted by Crippen LogP contribution is -2.37. The lowest BCUT2D eigenvalue weighted by atomic mass is 10.1. The van der Waals surface area contributed by atoms with Crippen molar-refractivity contribution in [3.63, 3.8) is 0 Å². The molecular weight excluding hydrogens is 450 g/mol. The minimum Gasteiger partial charge on any atom is -0.379 e. The number of para-hydroxylation sites is 2. The summed E-state index contributed by atoms with van der Waals surface area (Å²) in [6, 6.07) is 10.9. The predicted molar refractivity (Wildman–Crippen MR) is 132 cm³/mol. The number of carbonyl (C=O) groups excluding carboxylic acids is 1. The summed E-state index contributed by atoms with van der Waals surface area (Å²) in [4.78, 5) is 25.6. The number of halogens is 2. The maximum absolute atomic E-state index is 14.6. The number of aromatic amines is 1. The van der Waals surface area contributed by atoms with E-state index in [0.717, 1.165) is 62.8 Å². The number of nitrogens with zero attached hydrogens (tertiary/aromatic N) is 3. The summed E-state index contributed by atoms with van der Waals surface area (Å²) >= 11 is 0. The first-order valence-electron chi connectivity index (χ1n) is 12.2. The second-order valence-corrected chi connectivity index (χ2v) is 8.73. The van der Waals surface area contributed by atoms with Gasteiger partial charge < -0.3 is 14.6 Å². The first-order chi connectivity index (χ1) is 17.1. The van der Waals surface area contributed by atoms with Crippen molar-refractivity contribution in [2.24, 2.45) is 0 Å². The molecule has 3 aromatic rings. The summed E-state index contributed by atoms with van der Waals surface area (Å²) in [6.07, 6.45) is 6.22. The molecule has 1 unspecified atom stereocenters. The molecule has 1 N–H and O–H groups in total. The maximum atomic E-state index is 14.6. The number of rotatable bonds is 10. The minimum atomic E-state index is -1.12. The van der Waals surface area contributed by atoms with Gasteiger partial charge in [0.2, 0.25) is 0 Å². The SMILES string of the molecule is CCCCN(C(=O)c1cccc(F)c1F)C(CC=CCN1CCOCC1)c1nc2ccccc2[nH]1. The van der Waals surface area contributed by atoms with Crippen molar-refractivity contribution >= 4 is 16.9 Å².